The van der Waals surface area contributed by atoms with Gasteiger partial charge in [-0.2, -0.15) is 0 Å². The number of hydrogen-bond donors (Lipinski definition) is 1. The molecule has 25 heavy (non-hydrogen) atoms. The van der Waals surface area contributed by atoms with Crippen LogP contribution in [0.4, 0.5) is 16.2 Å². The van der Waals surface area contributed by atoms with Crippen molar-refractivity contribution >= 4 is 23.4 Å². The number of nitrogens with zero attached hydrogens (tertiary/aromatic N) is 1. The van der Waals surface area contributed by atoms with E-state index < -0.39 is 11.5 Å². The molecule has 0 bridgehead atoms. The lowest BCUT2D eigenvalue weighted by atomic mass is 9.92. The van der Waals surface area contributed by atoms with Crippen molar-refractivity contribution in [1.82, 2.24) is 0 Å². The minimum Gasteiger partial charge on any atom is -0.490 e. The van der Waals surface area contributed by atoms with Crippen molar-refractivity contribution in [2.75, 3.05) is 30.0 Å². The summed E-state index contributed by atoms with van der Waals surface area (Å²) in [5.41, 5.74) is 0.712. The second kappa shape index (κ2) is 7.76. The monoisotopic (exact) mass is 348 g/mol. The highest BCUT2D eigenvalue weighted by atomic mass is 16.5. The van der Waals surface area contributed by atoms with Gasteiger partial charge in [0.1, 0.15) is 12.4 Å². The Kier molecular flexibility index (Phi) is 5.93. The number of ether oxygens (including phenoxy) is 2. The Balaban J connectivity index is 2.32. The molecule has 2 amide bonds. The van der Waals surface area contributed by atoms with Crippen LogP contribution in [-0.2, 0) is 9.53 Å². The van der Waals surface area contributed by atoms with Gasteiger partial charge in [-0.05, 0) is 45.2 Å². The zero-order valence-corrected chi connectivity index (χ0v) is 15.7. The summed E-state index contributed by atoms with van der Waals surface area (Å²) >= 11 is 0. The molecular weight excluding hydrogens is 320 g/mol. The average Bonchev–Trinajstić information content (AvgIpc) is 2.62. The maximum Gasteiger partial charge on any atom is 0.411 e. The van der Waals surface area contributed by atoms with Gasteiger partial charge in [0.25, 0.3) is 0 Å². The number of anilines is 2. The first-order valence-corrected chi connectivity index (χ1v) is 8.77. The van der Waals surface area contributed by atoms with E-state index in [4.69, 9.17) is 9.47 Å². The Bertz CT molecular complexity index is 640. The van der Waals surface area contributed by atoms with E-state index in [0.717, 1.165) is 12.1 Å². The summed E-state index contributed by atoms with van der Waals surface area (Å²) in [6, 6.07) is 5.31. The van der Waals surface area contributed by atoms with Gasteiger partial charge in [-0.15, -0.1) is 0 Å². The Labute approximate surface area is 149 Å². The van der Waals surface area contributed by atoms with Gasteiger partial charge in [0.05, 0.1) is 17.7 Å². The third-order valence-corrected chi connectivity index (χ3v) is 4.12. The van der Waals surface area contributed by atoms with Crippen LogP contribution in [0.2, 0.25) is 0 Å². The molecule has 6 nitrogen and oxygen atoms in total. The Morgan fingerprint density at radius 2 is 2.12 bits per heavy atom. The number of amides is 2. The number of fused-ring (bicyclic) bond motifs is 1. The van der Waals surface area contributed by atoms with Crippen molar-refractivity contribution in [3.05, 3.63) is 18.2 Å². The summed E-state index contributed by atoms with van der Waals surface area (Å²) < 4.78 is 10.8. The van der Waals surface area contributed by atoms with E-state index in [0.29, 0.717) is 37.1 Å². The first-order chi connectivity index (χ1) is 11.7. The lowest BCUT2D eigenvalue weighted by Gasteiger charge is -2.28. The third kappa shape index (κ3) is 4.65. The van der Waals surface area contributed by atoms with Gasteiger partial charge in [-0.3, -0.25) is 10.1 Å². The molecule has 138 valence electrons. The van der Waals surface area contributed by atoms with E-state index in [1.165, 1.54) is 0 Å². The Morgan fingerprint density at radius 3 is 2.76 bits per heavy atom. The molecule has 0 saturated heterocycles. The van der Waals surface area contributed by atoms with Crippen LogP contribution in [0.25, 0.3) is 0 Å². The first kappa shape index (κ1) is 19.1. The van der Waals surface area contributed by atoms with Crippen LogP contribution in [0, 0.1) is 11.3 Å². The fourth-order valence-corrected chi connectivity index (χ4v) is 2.62. The second-order valence-electron chi connectivity index (χ2n) is 7.34. The van der Waals surface area contributed by atoms with Crippen LogP contribution in [-0.4, -0.2) is 31.8 Å². The molecule has 2 rings (SSSR count). The van der Waals surface area contributed by atoms with Gasteiger partial charge in [0.15, 0.2) is 0 Å². The van der Waals surface area contributed by atoms with Crippen LogP contribution in [0.1, 0.15) is 41.0 Å². The molecule has 1 heterocycles. The highest BCUT2D eigenvalue weighted by Crippen LogP contribution is 2.38. The molecule has 0 radical (unpaired) electrons. The molecule has 0 aromatic heterocycles. The third-order valence-electron chi connectivity index (χ3n) is 4.12. The molecule has 1 aromatic rings. The topological polar surface area (TPSA) is 67.9 Å². The lowest BCUT2D eigenvalue weighted by molar-refractivity contribution is -0.127. The van der Waals surface area contributed by atoms with E-state index >= 15 is 0 Å². The van der Waals surface area contributed by atoms with Gasteiger partial charge in [-0.1, -0.05) is 13.8 Å². The number of nitrogens with one attached hydrogen (secondary N) is 1. The maximum absolute atomic E-state index is 12.9. The van der Waals surface area contributed by atoms with Gasteiger partial charge in [0.2, 0.25) is 5.91 Å². The van der Waals surface area contributed by atoms with E-state index in [1.807, 2.05) is 19.9 Å². The Morgan fingerprint density at radius 1 is 1.40 bits per heavy atom. The predicted octanol–water partition coefficient (Wildman–Crippen LogP) is 4.05. The fraction of sp³-hybridized carbons (Fsp3) is 0.579. The zero-order valence-electron chi connectivity index (χ0n) is 15.7. The van der Waals surface area contributed by atoms with Gasteiger partial charge in [0, 0.05) is 18.3 Å². The quantitative estimate of drug-likeness (QED) is 0.871. The van der Waals surface area contributed by atoms with Gasteiger partial charge >= 0.3 is 6.09 Å². The van der Waals surface area contributed by atoms with E-state index in [-0.39, 0.29) is 5.91 Å². The normalized spacial score (nSPS) is 16.1. The smallest absolute Gasteiger partial charge is 0.411 e. The van der Waals surface area contributed by atoms with Crippen molar-refractivity contribution < 1.29 is 19.1 Å². The second-order valence-corrected chi connectivity index (χ2v) is 7.34. The van der Waals surface area contributed by atoms with E-state index in [1.54, 1.807) is 24.0 Å². The average molecular weight is 348 g/mol. The van der Waals surface area contributed by atoms with Gasteiger partial charge in [-0.25, -0.2) is 4.79 Å². The van der Waals surface area contributed by atoms with Crippen molar-refractivity contribution in [3.8, 4) is 5.75 Å². The summed E-state index contributed by atoms with van der Waals surface area (Å²) in [5, 5.41) is 2.67. The summed E-state index contributed by atoms with van der Waals surface area (Å²) in [4.78, 5) is 26.4. The van der Waals surface area contributed by atoms with Crippen LogP contribution in [0.3, 0.4) is 0 Å². The number of carbonyl (C=O) groups excluding carboxylic acids is 2. The largest absolute Gasteiger partial charge is 0.490 e. The molecule has 6 heteroatoms. The molecule has 1 N–H and O–H groups in total. The standard InChI is InChI=1S/C19H28N2O4/c1-6-24-18(23)20-14-7-8-15-16(11-14)25-12-19(4,5)17(22)21(15)10-9-13(2)3/h7-8,11,13H,6,9-10,12H2,1-5H3,(H,20,23). The minimum atomic E-state index is -0.606. The summed E-state index contributed by atoms with van der Waals surface area (Å²) in [5.74, 6) is 1.14. The van der Waals surface area contributed by atoms with E-state index in [9.17, 15) is 9.59 Å². The number of benzene rings is 1. The first-order valence-electron chi connectivity index (χ1n) is 8.77. The van der Waals surface area contributed by atoms with Crippen LogP contribution < -0.4 is 15.0 Å². The van der Waals surface area contributed by atoms with Crippen LogP contribution >= 0.6 is 0 Å². The number of hydrogen-bond acceptors (Lipinski definition) is 4. The minimum absolute atomic E-state index is 0.0537. The molecule has 1 aromatic carbocycles. The number of rotatable bonds is 5. The molecule has 0 spiro atoms. The molecule has 0 fully saturated rings. The zero-order chi connectivity index (χ0) is 18.6. The SMILES string of the molecule is CCOC(=O)Nc1ccc2c(c1)OCC(C)(C)C(=O)N2CCC(C)C. The van der Waals surface area contributed by atoms with Crippen molar-refractivity contribution in [3.63, 3.8) is 0 Å². The molecule has 0 saturated carbocycles. The van der Waals surface area contributed by atoms with Gasteiger partial charge < -0.3 is 14.4 Å². The molecule has 0 unspecified atom stereocenters. The molecule has 0 aliphatic carbocycles. The Hall–Kier alpha value is -2.24. The summed E-state index contributed by atoms with van der Waals surface area (Å²) in [6.45, 7) is 11.0. The molecule has 1 aliphatic heterocycles. The maximum atomic E-state index is 12.9. The summed E-state index contributed by atoms with van der Waals surface area (Å²) in [6.07, 6.45) is 0.397. The molecule has 0 atom stereocenters. The molecular formula is C19H28N2O4. The highest BCUT2D eigenvalue weighted by Gasteiger charge is 2.37. The summed E-state index contributed by atoms with van der Waals surface area (Å²) in [7, 11) is 0. The highest BCUT2D eigenvalue weighted by molar-refractivity contribution is 5.99. The lowest BCUT2D eigenvalue weighted by Crippen LogP contribution is -2.42. The van der Waals surface area contributed by atoms with E-state index in [2.05, 4.69) is 19.2 Å². The van der Waals surface area contributed by atoms with Crippen molar-refractivity contribution in [2.24, 2.45) is 11.3 Å². The molecule has 1 aliphatic rings. The van der Waals surface area contributed by atoms with Crippen LogP contribution in [0.5, 0.6) is 5.75 Å². The van der Waals surface area contributed by atoms with Crippen molar-refractivity contribution in [2.45, 2.75) is 41.0 Å². The predicted molar refractivity (Wildman–Crippen MR) is 98.2 cm³/mol. The number of carbonyl (C=O) groups is 2. The van der Waals surface area contributed by atoms with Crippen LogP contribution in [0.15, 0.2) is 18.2 Å². The fourth-order valence-electron chi connectivity index (χ4n) is 2.62. The van der Waals surface area contributed by atoms with Crippen molar-refractivity contribution in [1.29, 1.82) is 0 Å².